The summed E-state index contributed by atoms with van der Waals surface area (Å²) in [7, 11) is 0. The third kappa shape index (κ3) is 2.95. The first-order valence-electron chi connectivity index (χ1n) is 6.14. The maximum absolute atomic E-state index is 11.0. The molecule has 0 radical (unpaired) electrons. The summed E-state index contributed by atoms with van der Waals surface area (Å²) in [6.45, 7) is 1.47. The van der Waals surface area contributed by atoms with Gasteiger partial charge in [-0.1, -0.05) is 11.8 Å². The van der Waals surface area contributed by atoms with Crippen molar-refractivity contribution in [2.24, 2.45) is 0 Å². The van der Waals surface area contributed by atoms with Crippen LogP contribution in [0, 0.1) is 0 Å². The number of imidazole rings is 1. The molecule has 0 fully saturated rings. The van der Waals surface area contributed by atoms with Crippen LogP contribution in [0.15, 0.2) is 40.5 Å². The summed E-state index contributed by atoms with van der Waals surface area (Å²) < 4.78 is 0. The number of carbonyl (C=O) groups excluding carboxylic acids is 1. The second kappa shape index (κ2) is 5.41. The number of hydrogen-bond donors (Lipinski definition) is 3. The third-order valence-corrected chi connectivity index (χ3v) is 3.66. The standard InChI is InChI=1S/C13H12N6OS/c1-7(20)17-8-2-4-9(5-3-8)21-12-10-11(16-6-15-10)18-13(14)19-12/h2-6H,1H3,(H,17,20)(H3,14,15,16,18,19). The Bertz CT molecular complexity index is 798. The van der Waals surface area contributed by atoms with Crippen LogP contribution in [-0.2, 0) is 4.79 Å². The highest BCUT2D eigenvalue weighted by molar-refractivity contribution is 7.99. The van der Waals surface area contributed by atoms with E-state index >= 15 is 0 Å². The van der Waals surface area contributed by atoms with Crippen LogP contribution in [0.4, 0.5) is 11.6 Å². The highest BCUT2D eigenvalue weighted by atomic mass is 32.2. The van der Waals surface area contributed by atoms with Gasteiger partial charge in [-0.05, 0) is 24.3 Å². The first-order valence-corrected chi connectivity index (χ1v) is 6.95. The van der Waals surface area contributed by atoms with E-state index in [-0.39, 0.29) is 11.9 Å². The van der Waals surface area contributed by atoms with Crippen molar-refractivity contribution in [1.82, 2.24) is 19.9 Å². The van der Waals surface area contributed by atoms with Crippen molar-refractivity contribution in [3.8, 4) is 0 Å². The Balaban J connectivity index is 1.88. The predicted octanol–water partition coefficient (Wildman–Crippen LogP) is 2.04. The molecule has 2 aromatic heterocycles. The van der Waals surface area contributed by atoms with E-state index in [2.05, 4.69) is 25.3 Å². The van der Waals surface area contributed by atoms with E-state index in [0.29, 0.717) is 10.7 Å². The highest BCUT2D eigenvalue weighted by Crippen LogP contribution is 2.31. The van der Waals surface area contributed by atoms with Crippen LogP contribution in [0.3, 0.4) is 0 Å². The van der Waals surface area contributed by atoms with Gasteiger partial charge in [0.15, 0.2) is 5.65 Å². The van der Waals surface area contributed by atoms with Crippen molar-refractivity contribution < 1.29 is 4.79 Å². The van der Waals surface area contributed by atoms with E-state index in [0.717, 1.165) is 16.1 Å². The first-order chi connectivity index (χ1) is 10.1. The minimum absolute atomic E-state index is 0.0989. The average molecular weight is 300 g/mol. The molecule has 106 valence electrons. The maximum Gasteiger partial charge on any atom is 0.223 e. The molecule has 0 spiro atoms. The fourth-order valence-corrected chi connectivity index (χ4v) is 2.70. The fraction of sp³-hybridized carbons (Fsp3) is 0.0769. The van der Waals surface area contributed by atoms with Crippen LogP contribution in [0.2, 0.25) is 0 Å². The number of rotatable bonds is 3. The molecule has 0 aliphatic rings. The number of nitrogens with one attached hydrogen (secondary N) is 2. The zero-order valence-corrected chi connectivity index (χ0v) is 11.9. The van der Waals surface area contributed by atoms with Gasteiger partial charge >= 0.3 is 0 Å². The van der Waals surface area contributed by atoms with Crippen LogP contribution < -0.4 is 11.1 Å². The van der Waals surface area contributed by atoms with E-state index < -0.39 is 0 Å². The Hall–Kier alpha value is -2.61. The van der Waals surface area contributed by atoms with Gasteiger partial charge in [0.05, 0.1) is 6.33 Å². The van der Waals surface area contributed by atoms with Gasteiger partial charge < -0.3 is 16.0 Å². The molecule has 4 N–H and O–H groups in total. The first kappa shape index (κ1) is 13.4. The molecule has 0 saturated carbocycles. The molecular weight excluding hydrogens is 288 g/mol. The molecule has 0 aliphatic heterocycles. The number of nitrogens with zero attached hydrogens (tertiary/aromatic N) is 3. The molecule has 1 aromatic carbocycles. The Morgan fingerprint density at radius 1 is 1.29 bits per heavy atom. The van der Waals surface area contributed by atoms with Gasteiger partial charge in [-0.15, -0.1) is 0 Å². The molecule has 3 rings (SSSR count). The number of carbonyl (C=O) groups is 1. The third-order valence-electron chi connectivity index (χ3n) is 2.66. The average Bonchev–Trinajstić information content (AvgIpc) is 2.88. The number of aromatic amines is 1. The monoisotopic (exact) mass is 300 g/mol. The van der Waals surface area contributed by atoms with E-state index in [1.807, 2.05) is 24.3 Å². The molecule has 3 aromatic rings. The van der Waals surface area contributed by atoms with E-state index in [9.17, 15) is 4.79 Å². The summed E-state index contributed by atoms with van der Waals surface area (Å²) in [5.41, 5.74) is 7.72. The van der Waals surface area contributed by atoms with Gasteiger partial charge in [0.1, 0.15) is 10.5 Å². The molecule has 0 saturated heterocycles. The number of H-pyrrole nitrogens is 1. The maximum atomic E-state index is 11.0. The number of nitrogen functional groups attached to an aromatic ring is 1. The molecule has 7 nitrogen and oxygen atoms in total. The van der Waals surface area contributed by atoms with Crippen molar-refractivity contribution in [2.45, 2.75) is 16.8 Å². The Kier molecular flexibility index (Phi) is 3.44. The molecule has 8 heteroatoms. The second-order valence-corrected chi connectivity index (χ2v) is 5.36. The molecule has 0 aliphatic carbocycles. The van der Waals surface area contributed by atoms with Gasteiger partial charge in [0, 0.05) is 17.5 Å². The molecule has 21 heavy (non-hydrogen) atoms. The van der Waals surface area contributed by atoms with Crippen molar-refractivity contribution in [3.05, 3.63) is 30.6 Å². The normalized spacial score (nSPS) is 10.7. The SMILES string of the molecule is CC(=O)Nc1ccc(Sc2nc(N)nc3nc[nH]c23)cc1. The number of benzene rings is 1. The fourth-order valence-electron chi connectivity index (χ4n) is 1.82. The number of hydrogen-bond acceptors (Lipinski definition) is 6. The Morgan fingerprint density at radius 3 is 2.76 bits per heavy atom. The minimum atomic E-state index is -0.0989. The molecule has 0 atom stereocenters. The lowest BCUT2D eigenvalue weighted by atomic mass is 10.3. The highest BCUT2D eigenvalue weighted by Gasteiger charge is 2.10. The second-order valence-electron chi connectivity index (χ2n) is 4.30. The van der Waals surface area contributed by atoms with Crippen molar-refractivity contribution >= 4 is 40.5 Å². The zero-order chi connectivity index (χ0) is 14.8. The van der Waals surface area contributed by atoms with Gasteiger partial charge in [-0.2, -0.15) is 4.98 Å². The predicted molar refractivity (Wildman–Crippen MR) is 81.0 cm³/mol. The van der Waals surface area contributed by atoms with Gasteiger partial charge in [0.2, 0.25) is 11.9 Å². The van der Waals surface area contributed by atoms with Crippen molar-refractivity contribution in [2.75, 3.05) is 11.1 Å². The van der Waals surface area contributed by atoms with E-state index in [1.165, 1.54) is 18.7 Å². The smallest absolute Gasteiger partial charge is 0.223 e. The van der Waals surface area contributed by atoms with E-state index in [1.54, 1.807) is 6.33 Å². The van der Waals surface area contributed by atoms with Crippen LogP contribution >= 0.6 is 11.8 Å². The summed E-state index contributed by atoms with van der Waals surface area (Å²) in [5.74, 6) is 0.0881. The lowest BCUT2D eigenvalue weighted by molar-refractivity contribution is -0.114. The lowest BCUT2D eigenvalue weighted by Crippen LogP contribution is -2.05. The summed E-state index contributed by atoms with van der Waals surface area (Å²) in [4.78, 5) is 27.3. The number of amides is 1. The molecular formula is C13H12N6OS. The Labute approximate surface area is 124 Å². The number of anilines is 2. The van der Waals surface area contributed by atoms with Gasteiger partial charge in [-0.25, -0.2) is 9.97 Å². The number of nitrogens with two attached hydrogens (primary N) is 1. The van der Waals surface area contributed by atoms with Crippen molar-refractivity contribution in [1.29, 1.82) is 0 Å². The molecule has 2 heterocycles. The minimum Gasteiger partial charge on any atom is -0.368 e. The van der Waals surface area contributed by atoms with Gasteiger partial charge in [0.25, 0.3) is 0 Å². The lowest BCUT2D eigenvalue weighted by Gasteiger charge is -2.05. The molecule has 0 unspecified atom stereocenters. The molecule has 1 amide bonds. The topological polar surface area (TPSA) is 110 Å². The summed E-state index contributed by atoms with van der Waals surface area (Å²) in [6.07, 6.45) is 1.56. The summed E-state index contributed by atoms with van der Waals surface area (Å²) in [5, 5.41) is 3.43. The molecule has 0 bridgehead atoms. The largest absolute Gasteiger partial charge is 0.368 e. The number of fused-ring (bicyclic) bond motifs is 1. The summed E-state index contributed by atoms with van der Waals surface area (Å²) >= 11 is 1.45. The van der Waals surface area contributed by atoms with Crippen LogP contribution in [-0.4, -0.2) is 25.8 Å². The van der Waals surface area contributed by atoms with Crippen LogP contribution in [0.25, 0.3) is 11.2 Å². The van der Waals surface area contributed by atoms with Crippen LogP contribution in [0.1, 0.15) is 6.92 Å². The Morgan fingerprint density at radius 2 is 2.05 bits per heavy atom. The quantitative estimate of drug-likeness (QED) is 0.639. The van der Waals surface area contributed by atoms with Crippen molar-refractivity contribution in [3.63, 3.8) is 0 Å². The summed E-state index contributed by atoms with van der Waals surface area (Å²) in [6, 6.07) is 7.46. The van der Waals surface area contributed by atoms with Crippen LogP contribution in [0.5, 0.6) is 0 Å². The van der Waals surface area contributed by atoms with E-state index in [4.69, 9.17) is 5.73 Å². The zero-order valence-electron chi connectivity index (χ0n) is 11.1. The van der Waals surface area contributed by atoms with Gasteiger partial charge in [-0.3, -0.25) is 4.79 Å². The number of aromatic nitrogens is 4.